The van der Waals surface area contributed by atoms with Crippen molar-refractivity contribution in [1.82, 2.24) is 5.32 Å². The Labute approximate surface area is 70.6 Å². The maximum atomic E-state index is 3.50. The predicted molar refractivity (Wildman–Crippen MR) is 49.7 cm³/mol. The molecule has 0 saturated carbocycles. The van der Waals surface area contributed by atoms with Gasteiger partial charge in [0, 0.05) is 6.04 Å². The van der Waals surface area contributed by atoms with Crippen molar-refractivity contribution in [2.24, 2.45) is 5.92 Å². The van der Waals surface area contributed by atoms with Crippen molar-refractivity contribution in [3.8, 4) is 0 Å². The van der Waals surface area contributed by atoms with Gasteiger partial charge in [0.2, 0.25) is 0 Å². The molecule has 66 valence electrons. The molecule has 0 amide bonds. The van der Waals surface area contributed by atoms with Crippen molar-refractivity contribution < 1.29 is 0 Å². The fourth-order valence-electron chi connectivity index (χ4n) is 1.94. The summed E-state index contributed by atoms with van der Waals surface area (Å²) in [6.07, 6.45) is 7.07. The average molecular weight is 155 g/mol. The van der Waals surface area contributed by atoms with Gasteiger partial charge in [-0.05, 0) is 32.2 Å². The van der Waals surface area contributed by atoms with E-state index in [-0.39, 0.29) is 0 Å². The molecule has 2 unspecified atom stereocenters. The molecule has 1 heteroatoms. The second-order valence-corrected chi connectivity index (χ2v) is 3.91. The molecule has 1 nitrogen and oxygen atoms in total. The zero-order valence-electron chi connectivity index (χ0n) is 7.90. The van der Waals surface area contributed by atoms with E-state index >= 15 is 0 Å². The lowest BCUT2D eigenvalue weighted by Crippen LogP contribution is -2.16. The normalized spacial score (nSPS) is 31.1. The second-order valence-electron chi connectivity index (χ2n) is 3.91. The van der Waals surface area contributed by atoms with Crippen LogP contribution in [0.25, 0.3) is 0 Å². The van der Waals surface area contributed by atoms with Crippen molar-refractivity contribution in [2.75, 3.05) is 6.54 Å². The summed E-state index contributed by atoms with van der Waals surface area (Å²) in [7, 11) is 0. The van der Waals surface area contributed by atoms with E-state index in [0.29, 0.717) is 0 Å². The molecular formula is C10H21N. The summed E-state index contributed by atoms with van der Waals surface area (Å²) in [5.41, 5.74) is 0. The number of unbranched alkanes of at least 4 members (excludes halogenated alkanes) is 2. The van der Waals surface area contributed by atoms with Gasteiger partial charge in [0.15, 0.2) is 0 Å². The van der Waals surface area contributed by atoms with Crippen LogP contribution in [0.2, 0.25) is 0 Å². The summed E-state index contributed by atoms with van der Waals surface area (Å²) >= 11 is 0. The highest BCUT2D eigenvalue weighted by Crippen LogP contribution is 2.19. The summed E-state index contributed by atoms with van der Waals surface area (Å²) < 4.78 is 0. The first-order valence-corrected chi connectivity index (χ1v) is 5.06. The van der Waals surface area contributed by atoms with Crippen molar-refractivity contribution in [2.45, 2.75) is 52.0 Å². The molecule has 1 saturated heterocycles. The topological polar surface area (TPSA) is 12.0 Å². The lowest BCUT2D eigenvalue weighted by Gasteiger charge is -2.06. The average Bonchev–Trinajstić information content (AvgIpc) is 2.37. The molecule has 1 fully saturated rings. The third-order valence-corrected chi connectivity index (χ3v) is 2.66. The maximum absolute atomic E-state index is 3.50. The van der Waals surface area contributed by atoms with Crippen molar-refractivity contribution in [1.29, 1.82) is 0 Å². The molecule has 1 aliphatic heterocycles. The highest BCUT2D eigenvalue weighted by atomic mass is 14.9. The first-order chi connectivity index (χ1) is 5.33. The molecule has 0 bridgehead atoms. The Balaban J connectivity index is 1.99. The maximum Gasteiger partial charge on any atom is 0.00419 e. The Morgan fingerprint density at radius 3 is 2.73 bits per heavy atom. The van der Waals surface area contributed by atoms with Crippen LogP contribution in [0.5, 0.6) is 0 Å². The molecule has 0 aromatic carbocycles. The molecule has 2 atom stereocenters. The quantitative estimate of drug-likeness (QED) is 0.615. The zero-order chi connectivity index (χ0) is 8.10. The molecule has 1 rings (SSSR count). The molecule has 1 N–H and O–H groups in total. The minimum absolute atomic E-state index is 0.779. The highest BCUT2D eigenvalue weighted by Gasteiger charge is 2.19. The van der Waals surface area contributed by atoms with Crippen LogP contribution < -0.4 is 5.32 Å². The standard InChI is InChI=1S/C10H21N/c1-3-4-5-6-10-7-9(2)11-8-10/h9-11H,3-8H2,1-2H3. The molecule has 0 spiro atoms. The van der Waals surface area contributed by atoms with Gasteiger partial charge in [-0.15, -0.1) is 0 Å². The Morgan fingerprint density at radius 1 is 1.36 bits per heavy atom. The summed E-state index contributed by atoms with van der Waals surface area (Å²) in [6.45, 7) is 5.83. The third kappa shape index (κ3) is 3.24. The Kier molecular flexibility index (Phi) is 3.92. The first kappa shape index (κ1) is 9.05. The lowest BCUT2D eigenvalue weighted by molar-refractivity contribution is 0.487. The number of nitrogens with one attached hydrogen (secondary N) is 1. The van der Waals surface area contributed by atoms with Crippen LogP contribution in [-0.4, -0.2) is 12.6 Å². The van der Waals surface area contributed by atoms with Crippen LogP contribution >= 0.6 is 0 Å². The second kappa shape index (κ2) is 4.76. The zero-order valence-corrected chi connectivity index (χ0v) is 7.90. The van der Waals surface area contributed by atoms with Gasteiger partial charge in [-0.3, -0.25) is 0 Å². The number of rotatable bonds is 4. The van der Waals surface area contributed by atoms with E-state index < -0.39 is 0 Å². The van der Waals surface area contributed by atoms with E-state index in [1.54, 1.807) is 0 Å². The van der Waals surface area contributed by atoms with Crippen LogP contribution in [0.1, 0.15) is 46.0 Å². The van der Waals surface area contributed by atoms with Gasteiger partial charge < -0.3 is 5.32 Å². The van der Waals surface area contributed by atoms with Gasteiger partial charge in [0.25, 0.3) is 0 Å². The summed E-state index contributed by atoms with van der Waals surface area (Å²) in [6, 6.07) is 0.779. The Hall–Kier alpha value is -0.0400. The fraction of sp³-hybridized carbons (Fsp3) is 1.00. The van der Waals surface area contributed by atoms with Gasteiger partial charge in [-0.25, -0.2) is 0 Å². The van der Waals surface area contributed by atoms with Gasteiger partial charge in [-0.1, -0.05) is 26.2 Å². The van der Waals surface area contributed by atoms with Gasteiger partial charge in [0.1, 0.15) is 0 Å². The van der Waals surface area contributed by atoms with Crippen LogP contribution in [0.4, 0.5) is 0 Å². The van der Waals surface area contributed by atoms with E-state index in [9.17, 15) is 0 Å². The van der Waals surface area contributed by atoms with E-state index in [1.807, 2.05) is 0 Å². The fourth-order valence-corrected chi connectivity index (χ4v) is 1.94. The van der Waals surface area contributed by atoms with Crippen molar-refractivity contribution in [3.63, 3.8) is 0 Å². The lowest BCUT2D eigenvalue weighted by atomic mass is 9.99. The number of hydrogen-bond donors (Lipinski definition) is 1. The SMILES string of the molecule is CCCCCC1CNC(C)C1. The highest BCUT2D eigenvalue weighted by molar-refractivity contribution is 4.77. The summed E-state index contributed by atoms with van der Waals surface area (Å²) in [5.74, 6) is 0.983. The minimum Gasteiger partial charge on any atom is -0.314 e. The van der Waals surface area contributed by atoms with Crippen LogP contribution in [0.3, 0.4) is 0 Å². The number of hydrogen-bond acceptors (Lipinski definition) is 1. The monoisotopic (exact) mass is 155 g/mol. The van der Waals surface area contributed by atoms with Gasteiger partial charge in [-0.2, -0.15) is 0 Å². The van der Waals surface area contributed by atoms with Crippen molar-refractivity contribution in [3.05, 3.63) is 0 Å². The van der Waals surface area contributed by atoms with Crippen LogP contribution in [0.15, 0.2) is 0 Å². The molecule has 11 heavy (non-hydrogen) atoms. The Morgan fingerprint density at radius 2 is 2.18 bits per heavy atom. The van der Waals surface area contributed by atoms with Gasteiger partial charge in [0.05, 0.1) is 0 Å². The molecule has 0 radical (unpaired) electrons. The molecule has 0 aromatic heterocycles. The summed E-state index contributed by atoms with van der Waals surface area (Å²) in [4.78, 5) is 0. The smallest absolute Gasteiger partial charge is 0.00419 e. The van der Waals surface area contributed by atoms with E-state index in [1.165, 1.54) is 38.6 Å². The first-order valence-electron chi connectivity index (χ1n) is 5.06. The van der Waals surface area contributed by atoms with E-state index in [2.05, 4.69) is 19.2 Å². The largest absolute Gasteiger partial charge is 0.314 e. The van der Waals surface area contributed by atoms with Crippen LogP contribution in [-0.2, 0) is 0 Å². The minimum atomic E-state index is 0.779. The molecule has 1 aliphatic rings. The summed E-state index contributed by atoms with van der Waals surface area (Å²) in [5, 5.41) is 3.50. The van der Waals surface area contributed by atoms with E-state index in [4.69, 9.17) is 0 Å². The van der Waals surface area contributed by atoms with E-state index in [0.717, 1.165) is 12.0 Å². The van der Waals surface area contributed by atoms with Crippen LogP contribution in [0, 0.1) is 5.92 Å². The molecular weight excluding hydrogens is 134 g/mol. The predicted octanol–water partition coefficient (Wildman–Crippen LogP) is 2.56. The Bertz CT molecular complexity index is 101. The molecule has 0 aliphatic carbocycles. The van der Waals surface area contributed by atoms with Gasteiger partial charge >= 0.3 is 0 Å². The third-order valence-electron chi connectivity index (χ3n) is 2.66. The molecule has 0 aromatic rings. The van der Waals surface area contributed by atoms with Crippen molar-refractivity contribution >= 4 is 0 Å². The molecule has 1 heterocycles.